The lowest BCUT2D eigenvalue weighted by molar-refractivity contribution is 0.290. The van der Waals surface area contributed by atoms with Crippen molar-refractivity contribution >= 4 is 12.6 Å². The highest BCUT2D eigenvalue weighted by Gasteiger charge is 2.29. The molecule has 0 aromatic carbocycles. The van der Waals surface area contributed by atoms with E-state index in [0.29, 0.717) is 11.8 Å². The van der Waals surface area contributed by atoms with E-state index in [2.05, 4.69) is 33.8 Å². The number of hydrogen-bond acceptors (Lipinski definition) is 2. The molecular formula is C16H31NS. The summed E-state index contributed by atoms with van der Waals surface area (Å²) in [6.45, 7) is 9.14. The van der Waals surface area contributed by atoms with Gasteiger partial charge in [-0.05, 0) is 31.1 Å². The monoisotopic (exact) mass is 269 g/mol. The summed E-state index contributed by atoms with van der Waals surface area (Å²) in [7, 11) is 0. The third kappa shape index (κ3) is 9.83. The average Bonchev–Trinajstić information content (AvgIpc) is 2.22. The summed E-state index contributed by atoms with van der Waals surface area (Å²) in [6.07, 6.45) is 10.3. The third-order valence-electron chi connectivity index (χ3n) is 3.29. The lowest BCUT2D eigenvalue weighted by Gasteiger charge is -2.35. The highest BCUT2D eigenvalue weighted by Crippen LogP contribution is 2.39. The minimum atomic E-state index is 0.170. The molecule has 0 aromatic rings. The molecule has 0 amide bonds. The molecule has 0 saturated heterocycles. The van der Waals surface area contributed by atoms with Crippen molar-refractivity contribution in [1.29, 1.82) is 5.26 Å². The minimum absolute atomic E-state index is 0.170. The summed E-state index contributed by atoms with van der Waals surface area (Å²) in [5, 5.41) is 8.59. The number of thiol groups is 1. The van der Waals surface area contributed by atoms with Gasteiger partial charge in [0.25, 0.3) is 0 Å². The van der Waals surface area contributed by atoms with Crippen LogP contribution in [0.2, 0.25) is 0 Å². The molecule has 0 aliphatic heterocycles. The molecule has 1 unspecified atom stereocenters. The molecule has 106 valence electrons. The van der Waals surface area contributed by atoms with E-state index < -0.39 is 0 Å². The Bertz CT molecular complexity index is 249. The molecule has 1 atom stereocenters. The molecule has 0 spiro atoms. The summed E-state index contributed by atoms with van der Waals surface area (Å²) >= 11 is 5.00. The van der Waals surface area contributed by atoms with Crippen LogP contribution in [0.25, 0.3) is 0 Å². The molecule has 0 radical (unpaired) electrons. The number of nitriles is 1. The van der Waals surface area contributed by atoms with Gasteiger partial charge in [-0.15, -0.1) is 0 Å². The maximum atomic E-state index is 8.59. The largest absolute Gasteiger partial charge is 0.198 e. The second kappa shape index (κ2) is 8.86. The fourth-order valence-corrected chi connectivity index (χ4v) is 3.44. The van der Waals surface area contributed by atoms with E-state index in [1.807, 2.05) is 0 Å². The van der Waals surface area contributed by atoms with Crippen LogP contribution in [0, 0.1) is 16.7 Å². The van der Waals surface area contributed by atoms with Gasteiger partial charge in [-0.25, -0.2) is 0 Å². The van der Waals surface area contributed by atoms with Crippen LogP contribution in [0.1, 0.15) is 85.5 Å². The van der Waals surface area contributed by atoms with Gasteiger partial charge in [0.15, 0.2) is 0 Å². The van der Waals surface area contributed by atoms with Crippen LogP contribution in [0.3, 0.4) is 0 Å². The van der Waals surface area contributed by atoms with Crippen LogP contribution in [0.5, 0.6) is 0 Å². The van der Waals surface area contributed by atoms with Gasteiger partial charge < -0.3 is 0 Å². The molecule has 0 bridgehead atoms. The van der Waals surface area contributed by atoms with Crippen molar-refractivity contribution < 1.29 is 0 Å². The van der Waals surface area contributed by atoms with Gasteiger partial charge in [0.1, 0.15) is 0 Å². The molecule has 2 heteroatoms. The first-order valence-corrected chi connectivity index (χ1v) is 7.87. The Morgan fingerprint density at radius 2 is 1.56 bits per heavy atom. The predicted octanol–water partition coefficient (Wildman–Crippen LogP) is 5.76. The summed E-state index contributed by atoms with van der Waals surface area (Å²) in [5.74, 6) is 0. The van der Waals surface area contributed by atoms with Crippen LogP contribution < -0.4 is 0 Å². The van der Waals surface area contributed by atoms with E-state index in [9.17, 15) is 0 Å². The Kier molecular flexibility index (Phi) is 8.78. The fraction of sp³-hybridized carbons (Fsp3) is 0.938. The van der Waals surface area contributed by atoms with Gasteiger partial charge in [0.2, 0.25) is 0 Å². The van der Waals surface area contributed by atoms with Crippen LogP contribution >= 0.6 is 12.6 Å². The van der Waals surface area contributed by atoms with E-state index in [-0.39, 0.29) is 4.75 Å². The van der Waals surface area contributed by atoms with Crippen molar-refractivity contribution in [3.8, 4) is 6.07 Å². The zero-order valence-corrected chi connectivity index (χ0v) is 13.7. The fourth-order valence-electron chi connectivity index (χ4n) is 2.65. The highest BCUT2D eigenvalue weighted by atomic mass is 32.1. The van der Waals surface area contributed by atoms with Gasteiger partial charge in [-0.3, -0.25) is 0 Å². The van der Waals surface area contributed by atoms with Gasteiger partial charge in [-0.2, -0.15) is 17.9 Å². The lowest BCUT2D eigenvalue weighted by Crippen LogP contribution is -2.28. The first-order chi connectivity index (χ1) is 8.33. The lowest BCUT2D eigenvalue weighted by atomic mass is 9.79. The first kappa shape index (κ1) is 17.8. The van der Waals surface area contributed by atoms with Crippen molar-refractivity contribution in [2.24, 2.45) is 5.41 Å². The molecule has 0 rings (SSSR count). The predicted molar refractivity (Wildman–Crippen MR) is 84.0 cm³/mol. The minimum Gasteiger partial charge on any atom is -0.198 e. The Balaban J connectivity index is 4.26. The molecule has 0 aliphatic carbocycles. The van der Waals surface area contributed by atoms with E-state index >= 15 is 0 Å². The summed E-state index contributed by atoms with van der Waals surface area (Å²) in [6, 6.07) is 2.23. The van der Waals surface area contributed by atoms with Crippen LogP contribution in [-0.4, -0.2) is 4.75 Å². The van der Waals surface area contributed by atoms with E-state index in [1.165, 1.54) is 32.1 Å². The molecule has 0 N–H and O–H groups in total. The van der Waals surface area contributed by atoms with Crippen molar-refractivity contribution in [3.63, 3.8) is 0 Å². The Labute approximate surface area is 120 Å². The van der Waals surface area contributed by atoms with Crippen molar-refractivity contribution in [3.05, 3.63) is 0 Å². The Morgan fingerprint density at radius 3 is 2.00 bits per heavy atom. The SMILES string of the molecule is CCCCCC(S)(CCCCC#N)CC(C)(C)C. The number of hydrogen-bond donors (Lipinski definition) is 1. The maximum Gasteiger partial charge on any atom is 0.0621 e. The summed E-state index contributed by atoms with van der Waals surface area (Å²) < 4.78 is 0.170. The molecule has 1 nitrogen and oxygen atoms in total. The zero-order chi connectivity index (χ0) is 14.1. The zero-order valence-electron chi connectivity index (χ0n) is 12.8. The average molecular weight is 269 g/mol. The molecular weight excluding hydrogens is 238 g/mol. The normalized spacial score (nSPS) is 15.1. The van der Waals surface area contributed by atoms with Gasteiger partial charge >= 0.3 is 0 Å². The van der Waals surface area contributed by atoms with Crippen molar-refractivity contribution in [2.75, 3.05) is 0 Å². The standard InChI is InChI=1S/C16H31NS/c1-5-6-8-11-16(18,14-15(2,3)4)12-9-7-10-13-17/h18H,5-12,14H2,1-4H3. The number of rotatable bonds is 9. The van der Waals surface area contributed by atoms with Gasteiger partial charge in [0.05, 0.1) is 6.07 Å². The quantitative estimate of drug-likeness (QED) is 0.418. The topological polar surface area (TPSA) is 23.8 Å². The van der Waals surface area contributed by atoms with E-state index in [4.69, 9.17) is 17.9 Å². The summed E-state index contributed by atoms with van der Waals surface area (Å²) in [5.41, 5.74) is 0.337. The Hall–Kier alpha value is -0.160. The van der Waals surface area contributed by atoms with Crippen LogP contribution in [-0.2, 0) is 0 Å². The second-order valence-electron chi connectivity index (χ2n) is 6.78. The molecule has 0 aromatic heterocycles. The van der Waals surface area contributed by atoms with Gasteiger partial charge in [0, 0.05) is 11.2 Å². The van der Waals surface area contributed by atoms with Crippen LogP contribution in [0.15, 0.2) is 0 Å². The highest BCUT2D eigenvalue weighted by molar-refractivity contribution is 7.81. The van der Waals surface area contributed by atoms with E-state index in [1.54, 1.807) is 0 Å². The van der Waals surface area contributed by atoms with Gasteiger partial charge in [-0.1, -0.05) is 53.4 Å². The second-order valence-corrected chi connectivity index (χ2v) is 7.73. The molecule has 0 fully saturated rings. The Morgan fingerprint density at radius 1 is 1.00 bits per heavy atom. The third-order valence-corrected chi connectivity index (χ3v) is 3.89. The van der Waals surface area contributed by atoms with Crippen LogP contribution in [0.4, 0.5) is 0 Å². The molecule has 18 heavy (non-hydrogen) atoms. The number of unbranched alkanes of at least 4 members (excludes halogenated alkanes) is 4. The molecule has 0 saturated carbocycles. The first-order valence-electron chi connectivity index (χ1n) is 7.42. The van der Waals surface area contributed by atoms with Crippen molar-refractivity contribution in [2.45, 2.75) is 90.2 Å². The number of nitrogens with zero attached hydrogens (tertiary/aromatic N) is 1. The summed E-state index contributed by atoms with van der Waals surface area (Å²) in [4.78, 5) is 0. The smallest absolute Gasteiger partial charge is 0.0621 e. The maximum absolute atomic E-state index is 8.59. The molecule has 0 heterocycles. The van der Waals surface area contributed by atoms with Crippen molar-refractivity contribution in [1.82, 2.24) is 0 Å². The molecule has 0 aliphatic rings. The van der Waals surface area contributed by atoms with E-state index in [0.717, 1.165) is 19.3 Å².